The average molecular weight is 405 g/mol. The van der Waals surface area contributed by atoms with Crippen LogP contribution in [0, 0.1) is 0 Å². The van der Waals surface area contributed by atoms with Crippen LogP contribution in [0.5, 0.6) is 0 Å². The van der Waals surface area contributed by atoms with Gasteiger partial charge in [-0.3, -0.25) is 4.68 Å². The van der Waals surface area contributed by atoms with Crippen LogP contribution in [0.2, 0.25) is 25.7 Å². The molecular formula is C23H28N4OSi. The lowest BCUT2D eigenvalue weighted by molar-refractivity contribution is 0.0433. The van der Waals surface area contributed by atoms with Gasteiger partial charge in [-0.25, -0.2) is 4.98 Å². The minimum atomic E-state index is -1.18. The summed E-state index contributed by atoms with van der Waals surface area (Å²) in [5.74, 6) is 0. The van der Waals surface area contributed by atoms with Crippen LogP contribution in [0.3, 0.4) is 0 Å². The molecule has 1 unspecified atom stereocenters. The third-order valence-corrected chi connectivity index (χ3v) is 6.69. The van der Waals surface area contributed by atoms with Gasteiger partial charge in [0.15, 0.2) is 6.23 Å². The first-order valence-corrected chi connectivity index (χ1v) is 13.8. The van der Waals surface area contributed by atoms with Crippen molar-refractivity contribution < 1.29 is 4.74 Å². The lowest BCUT2D eigenvalue weighted by atomic mass is 10.2. The maximum atomic E-state index is 6.42. The van der Waals surface area contributed by atoms with Gasteiger partial charge in [-0.15, -0.1) is 0 Å². The van der Waals surface area contributed by atoms with E-state index in [1.54, 1.807) is 0 Å². The number of rotatable bonds is 8. The molecule has 6 heteroatoms. The highest BCUT2D eigenvalue weighted by Crippen LogP contribution is 2.26. The van der Waals surface area contributed by atoms with Gasteiger partial charge in [0.25, 0.3) is 0 Å². The minimum Gasteiger partial charge on any atom is -0.354 e. The topological polar surface area (TPSA) is 44.9 Å². The molecular weight excluding hydrogens is 376 g/mol. The second-order valence-electron chi connectivity index (χ2n) is 8.63. The maximum Gasteiger partial charge on any atom is 0.164 e. The monoisotopic (exact) mass is 404 g/mol. The summed E-state index contributed by atoms with van der Waals surface area (Å²) >= 11 is 0. The van der Waals surface area contributed by atoms with Crippen molar-refractivity contribution in [3.8, 4) is 0 Å². The standard InChI is InChI=1S/C23H28N4OSi/c1-29(2,3)15-14-28-23(27-13-11-20-10-7-12-24-22(20)27)21-16-25-26(18-21)17-19-8-5-4-6-9-19/h4-13,16,18,23H,14-15,17H2,1-3H3. The van der Waals surface area contributed by atoms with E-state index < -0.39 is 8.07 Å². The number of ether oxygens (including phenoxy) is 1. The maximum absolute atomic E-state index is 6.42. The van der Waals surface area contributed by atoms with Crippen molar-refractivity contribution in [2.45, 2.75) is 38.5 Å². The van der Waals surface area contributed by atoms with E-state index in [0.717, 1.165) is 35.8 Å². The molecule has 3 aromatic heterocycles. The lowest BCUT2D eigenvalue weighted by Gasteiger charge is -2.22. The molecule has 0 fully saturated rings. The fourth-order valence-electron chi connectivity index (χ4n) is 3.35. The first kappa shape index (κ1) is 19.6. The second-order valence-corrected chi connectivity index (χ2v) is 14.3. The van der Waals surface area contributed by atoms with Crippen LogP contribution in [-0.4, -0.2) is 34.0 Å². The molecule has 0 bridgehead atoms. The SMILES string of the molecule is C[Si](C)(C)CCOC(c1cnn(Cc2ccccc2)c1)n1ccc2cccnc21. The van der Waals surface area contributed by atoms with Gasteiger partial charge in [0.2, 0.25) is 0 Å². The first-order valence-electron chi connectivity index (χ1n) is 10.1. The number of hydrogen-bond donors (Lipinski definition) is 0. The summed E-state index contributed by atoms with van der Waals surface area (Å²) in [4.78, 5) is 4.58. The lowest BCUT2D eigenvalue weighted by Crippen LogP contribution is -2.23. The van der Waals surface area contributed by atoms with Crippen LogP contribution in [0.1, 0.15) is 17.4 Å². The van der Waals surface area contributed by atoms with E-state index in [0.29, 0.717) is 0 Å². The van der Waals surface area contributed by atoms with E-state index in [2.05, 4.69) is 83.1 Å². The Kier molecular flexibility index (Phi) is 5.64. The normalized spacial score (nSPS) is 13.1. The third-order valence-electron chi connectivity index (χ3n) is 4.98. The summed E-state index contributed by atoms with van der Waals surface area (Å²) < 4.78 is 10.5. The molecule has 4 rings (SSSR count). The fraction of sp³-hybridized carbons (Fsp3) is 0.304. The van der Waals surface area contributed by atoms with Crippen LogP contribution >= 0.6 is 0 Å². The Morgan fingerprint density at radius 2 is 1.86 bits per heavy atom. The summed E-state index contributed by atoms with van der Waals surface area (Å²) in [6.45, 7) is 8.59. The zero-order chi connectivity index (χ0) is 20.3. The highest BCUT2D eigenvalue weighted by molar-refractivity contribution is 6.76. The van der Waals surface area contributed by atoms with E-state index in [-0.39, 0.29) is 6.23 Å². The quantitative estimate of drug-likeness (QED) is 0.380. The fourth-order valence-corrected chi connectivity index (χ4v) is 4.08. The number of pyridine rings is 1. The second kappa shape index (κ2) is 8.35. The Hall–Kier alpha value is -2.70. The summed E-state index contributed by atoms with van der Waals surface area (Å²) in [5.41, 5.74) is 3.20. The smallest absolute Gasteiger partial charge is 0.164 e. The summed E-state index contributed by atoms with van der Waals surface area (Å²) in [5, 5.41) is 5.70. The molecule has 0 spiro atoms. The van der Waals surface area contributed by atoms with Crippen LogP contribution in [0.4, 0.5) is 0 Å². The van der Waals surface area contributed by atoms with E-state index in [1.807, 2.05) is 29.2 Å². The zero-order valence-corrected chi connectivity index (χ0v) is 18.3. The average Bonchev–Trinajstić information content (AvgIpc) is 3.33. The number of fused-ring (bicyclic) bond motifs is 1. The van der Waals surface area contributed by atoms with E-state index in [4.69, 9.17) is 4.74 Å². The zero-order valence-electron chi connectivity index (χ0n) is 17.3. The predicted molar refractivity (Wildman–Crippen MR) is 120 cm³/mol. The largest absolute Gasteiger partial charge is 0.354 e. The Bertz CT molecular complexity index is 1070. The molecule has 0 aliphatic carbocycles. The molecule has 4 aromatic rings. The molecule has 0 saturated carbocycles. The van der Waals surface area contributed by atoms with Gasteiger partial charge in [0.05, 0.1) is 12.7 Å². The Morgan fingerprint density at radius 3 is 2.66 bits per heavy atom. The van der Waals surface area contributed by atoms with Crippen molar-refractivity contribution in [1.82, 2.24) is 19.3 Å². The van der Waals surface area contributed by atoms with Crippen LogP contribution in [0.15, 0.2) is 73.3 Å². The highest BCUT2D eigenvalue weighted by atomic mass is 28.3. The molecule has 1 atom stereocenters. The van der Waals surface area contributed by atoms with Crippen molar-refractivity contribution >= 4 is 19.1 Å². The van der Waals surface area contributed by atoms with E-state index >= 15 is 0 Å². The summed E-state index contributed by atoms with van der Waals surface area (Å²) in [6, 6.07) is 17.6. The van der Waals surface area contributed by atoms with Crippen LogP contribution in [-0.2, 0) is 11.3 Å². The van der Waals surface area contributed by atoms with Crippen molar-refractivity contribution in [2.24, 2.45) is 0 Å². The van der Waals surface area contributed by atoms with Gasteiger partial charge in [0.1, 0.15) is 5.65 Å². The molecule has 0 radical (unpaired) electrons. The van der Waals surface area contributed by atoms with Crippen molar-refractivity contribution in [3.63, 3.8) is 0 Å². The molecule has 3 heterocycles. The van der Waals surface area contributed by atoms with Gasteiger partial charge in [-0.05, 0) is 29.8 Å². The molecule has 0 N–H and O–H groups in total. The Morgan fingerprint density at radius 1 is 1.03 bits per heavy atom. The molecule has 5 nitrogen and oxygen atoms in total. The van der Waals surface area contributed by atoms with Gasteiger partial charge < -0.3 is 9.30 Å². The van der Waals surface area contributed by atoms with Crippen LogP contribution < -0.4 is 0 Å². The molecule has 0 aliphatic heterocycles. The minimum absolute atomic E-state index is 0.233. The predicted octanol–water partition coefficient (Wildman–Crippen LogP) is 5.18. The molecule has 1 aromatic carbocycles. The number of benzene rings is 1. The Labute approximate surface area is 173 Å². The molecule has 0 aliphatic rings. The summed E-state index contributed by atoms with van der Waals surface area (Å²) in [7, 11) is -1.18. The highest BCUT2D eigenvalue weighted by Gasteiger charge is 2.21. The molecule has 0 saturated heterocycles. The van der Waals surface area contributed by atoms with E-state index in [9.17, 15) is 0 Å². The van der Waals surface area contributed by atoms with E-state index in [1.165, 1.54) is 5.56 Å². The van der Waals surface area contributed by atoms with Gasteiger partial charge in [-0.2, -0.15) is 5.10 Å². The molecule has 0 amide bonds. The van der Waals surface area contributed by atoms with Crippen LogP contribution in [0.25, 0.3) is 11.0 Å². The van der Waals surface area contributed by atoms with Gasteiger partial charge in [0, 0.05) is 44.2 Å². The summed E-state index contributed by atoms with van der Waals surface area (Å²) in [6.07, 6.45) is 7.66. The van der Waals surface area contributed by atoms with Crippen molar-refractivity contribution in [1.29, 1.82) is 0 Å². The van der Waals surface area contributed by atoms with Crippen molar-refractivity contribution in [2.75, 3.05) is 6.61 Å². The first-order chi connectivity index (χ1) is 14.0. The van der Waals surface area contributed by atoms with Crippen molar-refractivity contribution in [3.05, 3.63) is 84.4 Å². The number of aromatic nitrogens is 4. The number of hydrogen-bond acceptors (Lipinski definition) is 3. The van der Waals surface area contributed by atoms with Gasteiger partial charge in [-0.1, -0.05) is 50.0 Å². The third kappa shape index (κ3) is 4.83. The molecule has 150 valence electrons. The Balaban J connectivity index is 1.61. The van der Waals surface area contributed by atoms with Gasteiger partial charge >= 0.3 is 0 Å². The number of nitrogens with zero attached hydrogens (tertiary/aromatic N) is 4. The molecule has 29 heavy (non-hydrogen) atoms.